The molecule has 2 rings (SSSR count). The topological polar surface area (TPSA) is 26.0 Å². The molecule has 0 saturated heterocycles. The zero-order valence-corrected chi connectivity index (χ0v) is 8.71. The summed E-state index contributed by atoms with van der Waals surface area (Å²) in [6.07, 6.45) is 0. The van der Waals surface area contributed by atoms with Crippen LogP contribution in [0.3, 0.4) is 0 Å². The van der Waals surface area contributed by atoms with Crippen LogP contribution in [0.25, 0.3) is 10.8 Å². The van der Waals surface area contributed by atoms with E-state index in [1.165, 1.54) is 16.3 Å². The van der Waals surface area contributed by atoms with Crippen LogP contribution in [0.4, 0.5) is 5.69 Å². The molecule has 0 bridgehead atoms. The van der Waals surface area contributed by atoms with Crippen LogP contribution in [-0.4, -0.2) is 0 Å². The molecule has 0 atom stereocenters. The molecule has 0 fully saturated rings. The average molecular weight is 236 g/mol. The molecule has 0 aliphatic carbocycles. The summed E-state index contributed by atoms with van der Waals surface area (Å²) in [7, 11) is 0. The van der Waals surface area contributed by atoms with E-state index in [4.69, 9.17) is 5.73 Å². The Morgan fingerprint density at radius 2 is 2.00 bits per heavy atom. The fraction of sp³-hybridized carbons (Fsp3) is 0.0909. The van der Waals surface area contributed by atoms with Crippen LogP contribution in [0.5, 0.6) is 0 Å². The summed E-state index contributed by atoms with van der Waals surface area (Å²) < 4.78 is 0. The Morgan fingerprint density at radius 1 is 1.15 bits per heavy atom. The van der Waals surface area contributed by atoms with Crippen molar-refractivity contribution in [2.75, 3.05) is 5.73 Å². The van der Waals surface area contributed by atoms with E-state index in [0.717, 1.165) is 11.0 Å². The maximum atomic E-state index is 5.70. The highest BCUT2D eigenvalue weighted by Crippen LogP contribution is 2.22. The molecule has 2 heteroatoms. The van der Waals surface area contributed by atoms with Gasteiger partial charge in [-0.05, 0) is 28.5 Å². The van der Waals surface area contributed by atoms with Gasteiger partial charge in [-0.3, -0.25) is 0 Å². The maximum absolute atomic E-state index is 5.70. The monoisotopic (exact) mass is 235 g/mol. The van der Waals surface area contributed by atoms with Crippen molar-refractivity contribution in [1.82, 2.24) is 0 Å². The van der Waals surface area contributed by atoms with E-state index in [0.29, 0.717) is 0 Å². The lowest BCUT2D eigenvalue weighted by atomic mass is 10.1. The Balaban J connectivity index is 2.77. The summed E-state index contributed by atoms with van der Waals surface area (Å²) in [5, 5.41) is 3.36. The first kappa shape index (κ1) is 8.57. The van der Waals surface area contributed by atoms with E-state index < -0.39 is 0 Å². The summed E-state index contributed by atoms with van der Waals surface area (Å²) in [5.41, 5.74) is 7.83. The van der Waals surface area contributed by atoms with Crippen LogP contribution in [0.15, 0.2) is 36.4 Å². The van der Waals surface area contributed by atoms with Crippen molar-refractivity contribution >= 4 is 32.4 Å². The van der Waals surface area contributed by atoms with Crippen LogP contribution >= 0.6 is 15.9 Å². The molecule has 0 radical (unpaired) electrons. The van der Waals surface area contributed by atoms with Crippen LogP contribution in [0, 0.1) is 0 Å². The van der Waals surface area contributed by atoms with Crippen molar-refractivity contribution < 1.29 is 0 Å². The van der Waals surface area contributed by atoms with Crippen LogP contribution in [0.1, 0.15) is 5.56 Å². The SMILES string of the molecule is Nc1ccc2c(CBr)cccc2c1. The molecule has 0 spiro atoms. The van der Waals surface area contributed by atoms with E-state index in [1.807, 2.05) is 12.1 Å². The maximum Gasteiger partial charge on any atom is 0.0320 e. The van der Waals surface area contributed by atoms with Gasteiger partial charge in [-0.15, -0.1) is 0 Å². The number of nitrogens with two attached hydrogens (primary N) is 1. The highest BCUT2D eigenvalue weighted by molar-refractivity contribution is 9.08. The second-order valence-corrected chi connectivity index (χ2v) is 3.59. The van der Waals surface area contributed by atoms with Crippen molar-refractivity contribution in [3.05, 3.63) is 42.0 Å². The number of benzene rings is 2. The molecule has 0 aliphatic heterocycles. The van der Waals surface area contributed by atoms with Gasteiger partial charge in [-0.1, -0.05) is 40.2 Å². The Bertz CT molecular complexity index is 437. The minimum atomic E-state index is 0.819. The average Bonchev–Trinajstić information content (AvgIpc) is 2.16. The lowest BCUT2D eigenvalue weighted by molar-refractivity contribution is 1.49. The number of hydrogen-bond donors (Lipinski definition) is 1. The van der Waals surface area contributed by atoms with Gasteiger partial charge in [-0.2, -0.15) is 0 Å². The Labute approximate surface area is 85.7 Å². The van der Waals surface area contributed by atoms with Gasteiger partial charge in [0.1, 0.15) is 0 Å². The lowest BCUT2D eigenvalue weighted by Crippen LogP contribution is -1.86. The molecule has 0 saturated carbocycles. The predicted octanol–water partition coefficient (Wildman–Crippen LogP) is 3.32. The van der Waals surface area contributed by atoms with Crippen LogP contribution < -0.4 is 5.73 Å². The minimum absolute atomic E-state index is 0.819. The molecule has 2 N–H and O–H groups in total. The van der Waals surface area contributed by atoms with Crippen molar-refractivity contribution in [3.63, 3.8) is 0 Å². The van der Waals surface area contributed by atoms with Crippen LogP contribution in [-0.2, 0) is 5.33 Å². The Morgan fingerprint density at radius 3 is 2.77 bits per heavy atom. The number of hydrogen-bond acceptors (Lipinski definition) is 1. The molecule has 2 aromatic carbocycles. The van der Waals surface area contributed by atoms with Gasteiger partial charge in [0.15, 0.2) is 0 Å². The molecule has 0 heterocycles. The van der Waals surface area contributed by atoms with Gasteiger partial charge < -0.3 is 5.73 Å². The molecule has 1 nitrogen and oxygen atoms in total. The van der Waals surface area contributed by atoms with E-state index in [1.54, 1.807) is 0 Å². The molecule has 13 heavy (non-hydrogen) atoms. The number of nitrogen functional groups attached to an aromatic ring is 1. The Hall–Kier alpha value is -1.02. The van der Waals surface area contributed by atoms with E-state index in [-0.39, 0.29) is 0 Å². The first-order chi connectivity index (χ1) is 6.31. The first-order valence-electron chi connectivity index (χ1n) is 4.14. The molecule has 0 aliphatic rings. The molecule has 66 valence electrons. The summed E-state index contributed by atoms with van der Waals surface area (Å²) in [5.74, 6) is 0. The van der Waals surface area contributed by atoms with E-state index in [9.17, 15) is 0 Å². The summed E-state index contributed by atoms with van der Waals surface area (Å²) in [4.78, 5) is 0. The summed E-state index contributed by atoms with van der Waals surface area (Å²) in [6.45, 7) is 0. The highest BCUT2D eigenvalue weighted by Gasteiger charge is 1.98. The summed E-state index contributed by atoms with van der Waals surface area (Å²) >= 11 is 3.47. The number of fused-ring (bicyclic) bond motifs is 1. The van der Waals surface area contributed by atoms with Crippen LogP contribution in [0.2, 0.25) is 0 Å². The van der Waals surface area contributed by atoms with Gasteiger partial charge in [0, 0.05) is 11.0 Å². The number of halogens is 1. The lowest BCUT2D eigenvalue weighted by Gasteiger charge is -2.03. The zero-order valence-electron chi connectivity index (χ0n) is 7.13. The molecule has 0 unspecified atom stereocenters. The van der Waals surface area contributed by atoms with Crippen molar-refractivity contribution in [2.45, 2.75) is 5.33 Å². The third-order valence-electron chi connectivity index (χ3n) is 2.14. The number of anilines is 1. The number of alkyl halides is 1. The number of rotatable bonds is 1. The van der Waals surface area contributed by atoms with Gasteiger partial charge in [0.2, 0.25) is 0 Å². The molecular weight excluding hydrogens is 226 g/mol. The van der Waals surface area contributed by atoms with Crippen molar-refractivity contribution in [1.29, 1.82) is 0 Å². The van der Waals surface area contributed by atoms with Gasteiger partial charge in [0.25, 0.3) is 0 Å². The fourth-order valence-electron chi connectivity index (χ4n) is 1.49. The minimum Gasteiger partial charge on any atom is -0.399 e. The van der Waals surface area contributed by atoms with E-state index in [2.05, 4.69) is 40.2 Å². The molecule has 0 amide bonds. The third kappa shape index (κ3) is 1.54. The van der Waals surface area contributed by atoms with Gasteiger partial charge in [0.05, 0.1) is 0 Å². The van der Waals surface area contributed by atoms with Gasteiger partial charge >= 0.3 is 0 Å². The zero-order chi connectivity index (χ0) is 9.26. The predicted molar refractivity (Wildman–Crippen MR) is 61.0 cm³/mol. The second-order valence-electron chi connectivity index (χ2n) is 3.03. The fourth-order valence-corrected chi connectivity index (χ4v) is 1.97. The molecular formula is C11H10BrN. The molecule has 2 aromatic rings. The highest BCUT2D eigenvalue weighted by atomic mass is 79.9. The van der Waals surface area contributed by atoms with Crippen molar-refractivity contribution in [2.24, 2.45) is 0 Å². The second kappa shape index (κ2) is 3.38. The Kier molecular flexibility index (Phi) is 2.23. The van der Waals surface area contributed by atoms with Crippen molar-refractivity contribution in [3.8, 4) is 0 Å². The van der Waals surface area contributed by atoms with E-state index >= 15 is 0 Å². The largest absolute Gasteiger partial charge is 0.399 e. The quantitative estimate of drug-likeness (QED) is 0.596. The molecule has 0 aromatic heterocycles. The smallest absolute Gasteiger partial charge is 0.0320 e. The standard InChI is InChI=1S/C11H10BrN/c12-7-9-3-1-2-8-6-10(13)4-5-11(8)9/h1-6H,7,13H2. The normalized spacial score (nSPS) is 10.5. The summed E-state index contributed by atoms with van der Waals surface area (Å²) in [6, 6.07) is 12.3. The third-order valence-corrected chi connectivity index (χ3v) is 2.74. The van der Waals surface area contributed by atoms with Gasteiger partial charge in [-0.25, -0.2) is 0 Å². The first-order valence-corrected chi connectivity index (χ1v) is 5.26.